The molecule has 0 unspecified atom stereocenters. The van der Waals surface area contributed by atoms with E-state index in [0.29, 0.717) is 37.1 Å². The van der Waals surface area contributed by atoms with Gasteiger partial charge in [0.1, 0.15) is 0 Å². The minimum absolute atomic E-state index is 0.0211. The molecule has 0 aromatic heterocycles. The third kappa shape index (κ3) is 13.3. The van der Waals surface area contributed by atoms with Crippen LogP contribution in [0.2, 0.25) is 0 Å². The molecule has 1 aromatic carbocycles. The van der Waals surface area contributed by atoms with Gasteiger partial charge in [-0.2, -0.15) is 0 Å². The first-order valence-electron chi connectivity index (χ1n) is 13.3. The third-order valence-corrected chi connectivity index (χ3v) is 5.72. The van der Waals surface area contributed by atoms with Crippen molar-refractivity contribution in [3.8, 4) is 17.2 Å². The molecule has 0 saturated carbocycles. The molecular formula is C27H47NO5. The lowest BCUT2D eigenvalue weighted by atomic mass is 10.1. The number of benzene rings is 1. The van der Waals surface area contributed by atoms with Crippen LogP contribution >= 0.6 is 0 Å². The zero-order valence-electron chi connectivity index (χ0n) is 21.4. The van der Waals surface area contributed by atoms with Crippen LogP contribution in [0.4, 0.5) is 5.69 Å². The summed E-state index contributed by atoms with van der Waals surface area (Å²) in [6, 6.07) is 2.96. The molecule has 0 aliphatic heterocycles. The summed E-state index contributed by atoms with van der Waals surface area (Å²) in [6.45, 7) is 8.18. The van der Waals surface area contributed by atoms with Crippen LogP contribution in [0.25, 0.3) is 0 Å². The zero-order chi connectivity index (χ0) is 24.2. The Morgan fingerprint density at radius 2 is 0.970 bits per heavy atom. The van der Waals surface area contributed by atoms with Crippen molar-refractivity contribution in [3.05, 3.63) is 22.2 Å². The molecule has 0 saturated heterocycles. The van der Waals surface area contributed by atoms with E-state index in [1.54, 1.807) is 0 Å². The summed E-state index contributed by atoms with van der Waals surface area (Å²) in [7, 11) is 0. The van der Waals surface area contributed by atoms with Gasteiger partial charge >= 0.3 is 0 Å². The first kappa shape index (κ1) is 29.1. The molecule has 0 N–H and O–H groups in total. The van der Waals surface area contributed by atoms with E-state index in [4.69, 9.17) is 14.2 Å². The van der Waals surface area contributed by atoms with E-state index in [1.165, 1.54) is 69.9 Å². The normalized spacial score (nSPS) is 10.9. The molecule has 0 fully saturated rings. The lowest BCUT2D eigenvalue weighted by Crippen LogP contribution is -2.07. The van der Waals surface area contributed by atoms with Crippen molar-refractivity contribution in [2.24, 2.45) is 0 Å². The lowest BCUT2D eigenvalue weighted by molar-refractivity contribution is -0.385. The van der Waals surface area contributed by atoms with Crippen molar-refractivity contribution in [1.82, 2.24) is 0 Å². The van der Waals surface area contributed by atoms with Crippen molar-refractivity contribution in [2.45, 2.75) is 117 Å². The van der Waals surface area contributed by atoms with Crippen molar-refractivity contribution >= 4 is 5.69 Å². The maximum atomic E-state index is 11.5. The summed E-state index contributed by atoms with van der Waals surface area (Å²) in [6.07, 6.45) is 16.9. The van der Waals surface area contributed by atoms with Crippen LogP contribution in [0.15, 0.2) is 12.1 Å². The van der Waals surface area contributed by atoms with Crippen LogP contribution in [-0.4, -0.2) is 24.7 Å². The van der Waals surface area contributed by atoms with Gasteiger partial charge in [0, 0.05) is 0 Å². The predicted molar refractivity (Wildman–Crippen MR) is 136 cm³/mol. The van der Waals surface area contributed by atoms with Crippen LogP contribution < -0.4 is 14.2 Å². The molecular weight excluding hydrogens is 418 g/mol. The summed E-state index contributed by atoms with van der Waals surface area (Å²) in [5, 5.41) is 11.5. The van der Waals surface area contributed by atoms with Gasteiger partial charge in [-0.1, -0.05) is 97.8 Å². The molecule has 0 spiro atoms. The van der Waals surface area contributed by atoms with Gasteiger partial charge in [-0.15, -0.1) is 0 Å². The van der Waals surface area contributed by atoms with Gasteiger partial charge in [0.25, 0.3) is 5.69 Å². The molecule has 6 nitrogen and oxygen atoms in total. The van der Waals surface area contributed by atoms with E-state index in [-0.39, 0.29) is 5.69 Å². The summed E-state index contributed by atoms with van der Waals surface area (Å²) >= 11 is 0. The van der Waals surface area contributed by atoms with Crippen LogP contribution in [0.5, 0.6) is 17.2 Å². The molecule has 0 radical (unpaired) electrons. The highest BCUT2D eigenvalue weighted by Crippen LogP contribution is 2.41. The predicted octanol–water partition coefficient (Wildman–Crippen LogP) is 8.64. The topological polar surface area (TPSA) is 70.8 Å². The second-order valence-corrected chi connectivity index (χ2v) is 8.82. The van der Waals surface area contributed by atoms with Gasteiger partial charge in [0.15, 0.2) is 11.5 Å². The number of hydrogen-bond acceptors (Lipinski definition) is 5. The quantitative estimate of drug-likeness (QED) is 0.0973. The number of rotatable bonds is 22. The Balaban J connectivity index is 2.84. The average molecular weight is 466 g/mol. The smallest absolute Gasteiger partial charge is 0.277 e. The molecule has 0 heterocycles. The Morgan fingerprint density at radius 3 is 1.33 bits per heavy atom. The van der Waals surface area contributed by atoms with Gasteiger partial charge in [0.2, 0.25) is 5.75 Å². The Kier molecular flexibility index (Phi) is 17.2. The summed E-state index contributed by atoms with van der Waals surface area (Å²) in [5.41, 5.74) is -0.0211. The second-order valence-electron chi connectivity index (χ2n) is 8.82. The number of non-ortho nitro benzene ring substituents is 1. The van der Waals surface area contributed by atoms with E-state index in [0.717, 1.165) is 38.5 Å². The minimum Gasteiger partial charge on any atom is -0.489 e. The highest BCUT2D eigenvalue weighted by Gasteiger charge is 2.20. The van der Waals surface area contributed by atoms with Crippen molar-refractivity contribution in [1.29, 1.82) is 0 Å². The highest BCUT2D eigenvalue weighted by molar-refractivity contribution is 5.58. The zero-order valence-corrected chi connectivity index (χ0v) is 21.4. The molecule has 1 rings (SSSR count). The molecule has 0 amide bonds. The molecule has 6 heteroatoms. The second kappa shape index (κ2) is 19.5. The fraction of sp³-hybridized carbons (Fsp3) is 0.778. The van der Waals surface area contributed by atoms with Crippen LogP contribution in [0.1, 0.15) is 117 Å². The maximum absolute atomic E-state index is 11.5. The Labute approximate surface area is 201 Å². The van der Waals surface area contributed by atoms with E-state index < -0.39 is 4.92 Å². The molecule has 0 atom stereocenters. The first-order chi connectivity index (χ1) is 16.1. The number of nitro benzene ring substituents is 1. The lowest BCUT2D eigenvalue weighted by Gasteiger charge is -2.17. The highest BCUT2D eigenvalue weighted by atomic mass is 16.6. The van der Waals surface area contributed by atoms with E-state index in [1.807, 2.05) is 0 Å². The first-order valence-corrected chi connectivity index (χ1v) is 13.3. The Bertz CT molecular complexity index is 598. The molecule has 0 aliphatic rings. The van der Waals surface area contributed by atoms with Gasteiger partial charge in [-0.25, -0.2) is 0 Å². The number of nitro groups is 1. The number of nitrogens with zero attached hydrogens (tertiary/aromatic N) is 1. The fourth-order valence-corrected chi connectivity index (χ4v) is 3.68. The molecule has 0 aliphatic carbocycles. The molecule has 1 aromatic rings. The largest absolute Gasteiger partial charge is 0.489 e. The molecule has 33 heavy (non-hydrogen) atoms. The number of ether oxygens (including phenoxy) is 3. The van der Waals surface area contributed by atoms with E-state index in [2.05, 4.69) is 20.8 Å². The van der Waals surface area contributed by atoms with Gasteiger partial charge in [-0.05, 0) is 19.3 Å². The third-order valence-electron chi connectivity index (χ3n) is 5.72. The van der Waals surface area contributed by atoms with E-state index >= 15 is 0 Å². The number of hydrogen-bond donors (Lipinski definition) is 0. The van der Waals surface area contributed by atoms with Gasteiger partial charge < -0.3 is 14.2 Å². The van der Waals surface area contributed by atoms with Crippen LogP contribution in [0.3, 0.4) is 0 Å². The SMILES string of the molecule is CCCCCCCOc1cc([N+](=O)[O-])cc(OCCCCCCC)c1OCCCCCCC. The Morgan fingerprint density at radius 1 is 0.606 bits per heavy atom. The Hall–Kier alpha value is -1.98. The fourth-order valence-electron chi connectivity index (χ4n) is 3.68. The maximum Gasteiger partial charge on any atom is 0.277 e. The summed E-state index contributed by atoms with van der Waals surface area (Å²) in [5.74, 6) is 1.36. The minimum atomic E-state index is -0.392. The molecule has 190 valence electrons. The van der Waals surface area contributed by atoms with Crippen molar-refractivity contribution < 1.29 is 19.1 Å². The number of unbranched alkanes of at least 4 members (excludes halogenated alkanes) is 12. The van der Waals surface area contributed by atoms with Crippen molar-refractivity contribution in [3.63, 3.8) is 0 Å². The van der Waals surface area contributed by atoms with Gasteiger partial charge in [0.05, 0.1) is 36.9 Å². The average Bonchev–Trinajstić information content (AvgIpc) is 2.81. The van der Waals surface area contributed by atoms with Crippen LogP contribution in [0, 0.1) is 10.1 Å². The van der Waals surface area contributed by atoms with Gasteiger partial charge in [-0.3, -0.25) is 10.1 Å². The summed E-state index contributed by atoms with van der Waals surface area (Å²) in [4.78, 5) is 11.1. The van der Waals surface area contributed by atoms with Crippen LogP contribution in [-0.2, 0) is 0 Å². The molecule has 0 bridgehead atoms. The summed E-state index contributed by atoms with van der Waals surface area (Å²) < 4.78 is 18.1. The standard InChI is InChI=1S/C27H47NO5/c1-4-7-10-13-16-19-31-25-22-24(28(29)30)23-26(32-20-17-14-11-8-5-2)27(25)33-21-18-15-12-9-6-3/h22-23H,4-21H2,1-3H3. The van der Waals surface area contributed by atoms with E-state index in [9.17, 15) is 10.1 Å². The van der Waals surface area contributed by atoms with Crippen molar-refractivity contribution in [2.75, 3.05) is 19.8 Å². The monoisotopic (exact) mass is 465 g/mol.